The van der Waals surface area contributed by atoms with Gasteiger partial charge in [-0.05, 0) is 31.5 Å². The lowest BCUT2D eigenvalue weighted by atomic mass is 10.2. The number of H-pyrrole nitrogens is 1. The molecule has 1 fully saturated rings. The van der Waals surface area contributed by atoms with Crippen molar-refractivity contribution in [2.45, 2.75) is 13.3 Å². The van der Waals surface area contributed by atoms with E-state index in [1.807, 2.05) is 30.0 Å². The van der Waals surface area contributed by atoms with Crippen molar-refractivity contribution in [2.24, 2.45) is 0 Å². The molecule has 1 amide bonds. The molecule has 1 aliphatic heterocycles. The smallest absolute Gasteiger partial charge is 0.270 e. The fourth-order valence-electron chi connectivity index (χ4n) is 2.48. The number of aromatic amines is 1. The first-order valence-corrected chi connectivity index (χ1v) is 6.92. The molecule has 6 heteroatoms. The monoisotopic (exact) mass is 282 g/mol. The molecule has 4 heterocycles. The predicted molar refractivity (Wildman–Crippen MR) is 76.8 cm³/mol. The van der Waals surface area contributed by atoms with Crippen molar-refractivity contribution < 1.29 is 9.21 Å². The van der Waals surface area contributed by atoms with E-state index in [1.165, 1.54) is 6.39 Å². The zero-order valence-corrected chi connectivity index (χ0v) is 11.6. The average Bonchev–Trinajstić information content (AvgIpc) is 3.01. The van der Waals surface area contributed by atoms with Crippen LogP contribution in [0.1, 0.15) is 22.6 Å². The summed E-state index contributed by atoms with van der Waals surface area (Å²) in [7, 11) is 0. The van der Waals surface area contributed by atoms with Crippen molar-refractivity contribution in [3.8, 4) is 11.5 Å². The number of likely N-dealkylation sites (tertiary alicyclic amines) is 1. The van der Waals surface area contributed by atoms with Crippen LogP contribution in [0.3, 0.4) is 0 Å². The molecule has 0 unspecified atom stereocenters. The summed E-state index contributed by atoms with van der Waals surface area (Å²) in [6, 6.07) is 5.66. The van der Waals surface area contributed by atoms with Crippen LogP contribution in [0.2, 0.25) is 0 Å². The topological polar surface area (TPSA) is 75.0 Å². The van der Waals surface area contributed by atoms with Crippen LogP contribution in [0.15, 0.2) is 29.0 Å². The Morgan fingerprint density at radius 3 is 2.90 bits per heavy atom. The zero-order chi connectivity index (χ0) is 14.4. The summed E-state index contributed by atoms with van der Waals surface area (Å²) < 4.78 is 5.36. The highest BCUT2D eigenvalue weighted by molar-refractivity contribution is 5.97. The third-order valence-electron chi connectivity index (χ3n) is 3.83. The molecular formula is C15H14N4O2. The van der Waals surface area contributed by atoms with Crippen LogP contribution in [-0.4, -0.2) is 38.8 Å². The number of nitrogens with zero attached hydrogens (tertiary/aromatic N) is 3. The first-order valence-electron chi connectivity index (χ1n) is 6.92. The van der Waals surface area contributed by atoms with E-state index in [0.717, 1.165) is 30.6 Å². The first-order chi connectivity index (χ1) is 10.2. The maximum absolute atomic E-state index is 12.2. The second-order valence-corrected chi connectivity index (χ2v) is 5.23. The van der Waals surface area contributed by atoms with Gasteiger partial charge in [0.15, 0.2) is 12.2 Å². The number of oxazole rings is 1. The summed E-state index contributed by atoms with van der Waals surface area (Å²) in [6.07, 6.45) is 2.49. The Hall–Kier alpha value is -2.63. The van der Waals surface area contributed by atoms with Crippen molar-refractivity contribution in [1.29, 1.82) is 0 Å². The highest BCUT2D eigenvalue weighted by Crippen LogP contribution is 2.24. The van der Waals surface area contributed by atoms with Gasteiger partial charge in [-0.3, -0.25) is 4.79 Å². The molecular weight excluding hydrogens is 268 g/mol. The normalized spacial score (nSPS) is 14.4. The Morgan fingerprint density at radius 1 is 1.38 bits per heavy atom. The number of amides is 1. The lowest BCUT2D eigenvalue weighted by Crippen LogP contribution is -2.42. The summed E-state index contributed by atoms with van der Waals surface area (Å²) >= 11 is 0. The number of hydrogen-bond donors (Lipinski definition) is 1. The van der Waals surface area contributed by atoms with E-state index in [-0.39, 0.29) is 5.91 Å². The van der Waals surface area contributed by atoms with E-state index < -0.39 is 0 Å². The number of fused-ring (bicyclic) bond motifs is 1. The summed E-state index contributed by atoms with van der Waals surface area (Å²) in [5.41, 5.74) is 2.78. The number of carbonyl (C=O) groups excluding carboxylic acids is 1. The number of aryl methyl sites for hydroxylation is 1. The maximum atomic E-state index is 12.2. The summed E-state index contributed by atoms with van der Waals surface area (Å²) in [5, 5.41) is 0.916. The molecule has 4 rings (SSSR count). The Morgan fingerprint density at radius 2 is 2.24 bits per heavy atom. The first kappa shape index (κ1) is 12.1. The summed E-state index contributed by atoms with van der Waals surface area (Å²) in [6.45, 7) is 3.55. The van der Waals surface area contributed by atoms with Crippen LogP contribution in [0.5, 0.6) is 0 Å². The van der Waals surface area contributed by atoms with Crippen molar-refractivity contribution in [1.82, 2.24) is 19.9 Å². The molecule has 106 valence electrons. The molecule has 0 saturated carbocycles. The van der Waals surface area contributed by atoms with Gasteiger partial charge in [-0.15, -0.1) is 0 Å². The van der Waals surface area contributed by atoms with E-state index >= 15 is 0 Å². The van der Waals surface area contributed by atoms with Crippen molar-refractivity contribution >= 4 is 16.9 Å². The van der Waals surface area contributed by atoms with Gasteiger partial charge in [0.25, 0.3) is 5.91 Å². The number of nitrogens with one attached hydrogen (secondary N) is 1. The van der Waals surface area contributed by atoms with Crippen molar-refractivity contribution in [2.75, 3.05) is 13.1 Å². The van der Waals surface area contributed by atoms with E-state index in [2.05, 4.69) is 15.0 Å². The molecule has 0 bridgehead atoms. The molecule has 3 aromatic heterocycles. The van der Waals surface area contributed by atoms with Gasteiger partial charge >= 0.3 is 0 Å². The quantitative estimate of drug-likeness (QED) is 0.783. The minimum absolute atomic E-state index is 0.0386. The van der Waals surface area contributed by atoms with Gasteiger partial charge in [-0.1, -0.05) is 0 Å². The molecule has 0 atom stereocenters. The lowest BCUT2D eigenvalue weighted by molar-refractivity contribution is 0.0646. The van der Waals surface area contributed by atoms with Gasteiger partial charge in [0.2, 0.25) is 0 Å². The highest BCUT2D eigenvalue weighted by Gasteiger charge is 2.23. The fourth-order valence-corrected chi connectivity index (χ4v) is 2.48. The highest BCUT2D eigenvalue weighted by atomic mass is 16.3. The largest absolute Gasteiger partial charge is 0.442 e. The molecule has 0 radical (unpaired) electrons. The number of rotatable bonds is 2. The Labute approximate surface area is 120 Å². The Bertz CT molecular complexity index is 829. The van der Waals surface area contributed by atoms with Crippen LogP contribution in [0.25, 0.3) is 22.5 Å². The molecule has 0 spiro atoms. The molecule has 1 aliphatic rings. The van der Waals surface area contributed by atoms with Crippen molar-refractivity contribution in [3.63, 3.8) is 0 Å². The van der Waals surface area contributed by atoms with E-state index in [4.69, 9.17) is 4.42 Å². The van der Waals surface area contributed by atoms with E-state index in [9.17, 15) is 4.79 Å². The lowest BCUT2D eigenvalue weighted by Gasteiger charge is -2.30. The van der Waals surface area contributed by atoms with Crippen LogP contribution in [0.4, 0.5) is 0 Å². The molecule has 21 heavy (non-hydrogen) atoms. The van der Waals surface area contributed by atoms with Crippen LogP contribution < -0.4 is 0 Å². The van der Waals surface area contributed by atoms with Crippen LogP contribution in [-0.2, 0) is 0 Å². The molecule has 6 nitrogen and oxygen atoms in total. The average molecular weight is 282 g/mol. The second kappa shape index (κ2) is 4.44. The van der Waals surface area contributed by atoms with Gasteiger partial charge in [0.05, 0.1) is 5.69 Å². The standard InChI is InChI=1S/C15H14N4O2/c1-9-13(21-8-16-9)11-4-3-10-7-12(18-14(10)17-11)15(20)19-5-2-6-19/h3-4,7-8H,2,5-6H2,1H3,(H,17,18). The Balaban J connectivity index is 1.74. The Kier molecular flexibility index (Phi) is 2.57. The molecule has 0 aromatic carbocycles. The zero-order valence-electron chi connectivity index (χ0n) is 11.6. The van der Waals surface area contributed by atoms with Gasteiger partial charge in [-0.2, -0.15) is 0 Å². The number of pyridine rings is 1. The number of hydrogen-bond acceptors (Lipinski definition) is 4. The van der Waals surface area contributed by atoms with E-state index in [1.54, 1.807) is 0 Å². The molecule has 1 saturated heterocycles. The predicted octanol–water partition coefficient (Wildman–Crippen LogP) is 2.37. The molecule has 0 aliphatic carbocycles. The second-order valence-electron chi connectivity index (χ2n) is 5.23. The van der Waals surface area contributed by atoms with Crippen LogP contribution in [0, 0.1) is 6.92 Å². The summed E-state index contributed by atoms with van der Waals surface area (Å²) in [4.78, 5) is 25.7. The molecule has 3 aromatic rings. The third kappa shape index (κ3) is 1.91. The van der Waals surface area contributed by atoms with Crippen LogP contribution >= 0.6 is 0 Å². The summed E-state index contributed by atoms with van der Waals surface area (Å²) in [5.74, 6) is 0.693. The molecule has 1 N–H and O–H groups in total. The van der Waals surface area contributed by atoms with Gasteiger partial charge in [-0.25, -0.2) is 9.97 Å². The minimum atomic E-state index is 0.0386. The SMILES string of the molecule is Cc1ncoc1-c1ccc2cc(C(=O)N3CCC3)[nH]c2n1. The third-order valence-corrected chi connectivity index (χ3v) is 3.83. The van der Waals surface area contributed by atoms with E-state index in [0.29, 0.717) is 22.8 Å². The minimum Gasteiger partial charge on any atom is -0.442 e. The fraction of sp³-hybridized carbons (Fsp3) is 0.267. The van der Waals surface area contributed by atoms with Crippen molar-refractivity contribution in [3.05, 3.63) is 36.0 Å². The van der Waals surface area contributed by atoms with Gasteiger partial charge in [0, 0.05) is 18.5 Å². The maximum Gasteiger partial charge on any atom is 0.270 e. The van der Waals surface area contributed by atoms with Gasteiger partial charge in [0.1, 0.15) is 17.0 Å². The van der Waals surface area contributed by atoms with Gasteiger partial charge < -0.3 is 14.3 Å². The number of carbonyl (C=O) groups is 1. The number of aromatic nitrogens is 3.